The second-order valence-electron chi connectivity index (χ2n) is 8.19. The zero-order valence-electron chi connectivity index (χ0n) is 18.6. The van der Waals surface area contributed by atoms with Gasteiger partial charge in [-0.1, -0.05) is 36.4 Å². The van der Waals surface area contributed by atoms with Crippen molar-refractivity contribution in [2.45, 2.75) is 34.2 Å². The van der Waals surface area contributed by atoms with Gasteiger partial charge in [0.2, 0.25) is 5.91 Å². The van der Waals surface area contributed by atoms with Gasteiger partial charge in [0.05, 0.1) is 16.6 Å². The Morgan fingerprint density at radius 1 is 0.844 bits per heavy atom. The van der Waals surface area contributed by atoms with Gasteiger partial charge in [0.1, 0.15) is 6.54 Å². The summed E-state index contributed by atoms with van der Waals surface area (Å²) in [4.78, 5) is 39.7. The molecule has 6 nitrogen and oxygen atoms in total. The average molecular weight is 428 g/mol. The first-order valence-corrected chi connectivity index (χ1v) is 10.5. The number of hydrogen-bond acceptors (Lipinski definition) is 3. The van der Waals surface area contributed by atoms with E-state index in [-0.39, 0.29) is 12.5 Å². The van der Waals surface area contributed by atoms with Crippen LogP contribution in [0.2, 0.25) is 0 Å². The Labute approximate surface area is 185 Å². The number of hydrogen-bond donors (Lipinski definition) is 1. The quantitative estimate of drug-likeness (QED) is 0.535. The molecule has 6 heteroatoms. The molecule has 162 valence electrons. The molecule has 0 radical (unpaired) electrons. The number of anilines is 1. The van der Waals surface area contributed by atoms with E-state index in [1.54, 1.807) is 36.4 Å². The molecule has 32 heavy (non-hydrogen) atoms. The standard InChI is InChI=1S/C26H25N3O3/c1-16-12-17(2)14-20(13-16)29-25(31)21-10-5-6-11-22(21)28(26(29)32)15-23(30)27-24-18(3)8-7-9-19(24)4/h5-14H,15H2,1-4H3,(H,27,30). The van der Waals surface area contributed by atoms with E-state index < -0.39 is 11.2 Å². The summed E-state index contributed by atoms with van der Waals surface area (Å²) in [5.41, 5.74) is 4.48. The number of nitrogens with one attached hydrogen (secondary N) is 1. The number of carbonyl (C=O) groups excluding carboxylic acids is 1. The van der Waals surface area contributed by atoms with Crippen LogP contribution in [0.15, 0.2) is 70.3 Å². The molecule has 3 aromatic carbocycles. The van der Waals surface area contributed by atoms with E-state index in [0.717, 1.165) is 32.5 Å². The Kier molecular flexibility index (Phi) is 5.53. The van der Waals surface area contributed by atoms with Crippen molar-refractivity contribution in [2.75, 3.05) is 5.32 Å². The minimum absolute atomic E-state index is 0.210. The Hall–Kier alpha value is -3.93. The van der Waals surface area contributed by atoms with Crippen molar-refractivity contribution < 1.29 is 4.79 Å². The van der Waals surface area contributed by atoms with Gasteiger partial charge in [0, 0.05) is 5.69 Å². The van der Waals surface area contributed by atoms with Gasteiger partial charge in [0.15, 0.2) is 0 Å². The van der Waals surface area contributed by atoms with E-state index in [4.69, 9.17) is 0 Å². The maximum atomic E-state index is 13.5. The lowest BCUT2D eigenvalue weighted by atomic mass is 10.1. The molecule has 0 bridgehead atoms. The Bertz CT molecular complexity index is 1440. The number of fused-ring (bicyclic) bond motifs is 1. The van der Waals surface area contributed by atoms with E-state index in [9.17, 15) is 14.4 Å². The highest BCUT2D eigenvalue weighted by Gasteiger charge is 2.17. The molecule has 0 aliphatic carbocycles. The molecule has 0 atom stereocenters. The summed E-state index contributed by atoms with van der Waals surface area (Å²) >= 11 is 0. The normalized spacial score (nSPS) is 11.0. The first kappa shape index (κ1) is 21.3. The predicted molar refractivity (Wildman–Crippen MR) is 128 cm³/mol. The summed E-state index contributed by atoms with van der Waals surface area (Å²) in [6.45, 7) is 7.46. The van der Waals surface area contributed by atoms with E-state index in [1.165, 1.54) is 4.57 Å². The number of aromatic nitrogens is 2. The Morgan fingerprint density at radius 2 is 1.47 bits per heavy atom. The molecule has 1 aromatic heterocycles. The Balaban J connectivity index is 1.87. The molecular formula is C26H25N3O3. The van der Waals surface area contributed by atoms with Crippen molar-refractivity contribution in [3.8, 4) is 5.69 Å². The van der Waals surface area contributed by atoms with Crippen LogP contribution in [0.25, 0.3) is 16.6 Å². The highest BCUT2D eigenvalue weighted by Crippen LogP contribution is 2.20. The summed E-state index contributed by atoms with van der Waals surface area (Å²) in [7, 11) is 0. The van der Waals surface area contributed by atoms with Crippen molar-refractivity contribution >= 4 is 22.5 Å². The topological polar surface area (TPSA) is 73.1 Å². The minimum atomic E-state index is -0.546. The number of aryl methyl sites for hydroxylation is 4. The fraction of sp³-hybridized carbons (Fsp3) is 0.192. The van der Waals surface area contributed by atoms with E-state index >= 15 is 0 Å². The van der Waals surface area contributed by atoms with Gasteiger partial charge in [0.25, 0.3) is 5.56 Å². The van der Waals surface area contributed by atoms with E-state index in [2.05, 4.69) is 5.32 Å². The first-order chi connectivity index (χ1) is 15.3. The van der Waals surface area contributed by atoms with Gasteiger partial charge in [-0.15, -0.1) is 0 Å². The van der Waals surface area contributed by atoms with Gasteiger partial charge in [-0.2, -0.15) is 0 Å². The summed E-state index contributed by atoms with van der Waals surface area (Å²) in [6.07, 6.45) is 0. The third kappa shape index (κ3) is 3.87. The van der Waals surface area contributed by atoms with Gasteiger partial charge < -0.3 is 5.32 Å². The molecule has 0 unspecified atom stereocenters. The smallest absolute Gasteiger partial charge is 0.324 e. The number of nitrogens with zero attached hydrogens (tertiary/aromatic N) is 2. The van der Waals surface area contributed by atoms with E-state index in [0.29, 0.717) is 16.6 Å². The second-order valence-corrected chi connectivity index (χ2v) is 8.19. The molecular weight excluding hydrogens is 402 g/mol. The fourth-order valence-corrected chi connectivity index (χ4v) is 4.12. The van der Waals surface area contributed by atoms with Gasteiger partial charge in [-0.3, -0.25) is 14.2 Å². The number of benzene rings is 3. The highest BCUT2D eigenvalue weighted by molar-refractivity contribution is 5.93. The fourth-order valence-electron chi connectivity index (χ4n) is 4.12. The zero-order valence-corrected chi connectivity index (χ0v) is 18.6. The number of rotatable bonds is 4. The van der Waals surface area contributed by atoms with Gasteiger partial charge in [-0.25, -0.2) is 9.36 Å². The third-order valence-corrected chi connectivity index (χ3v) is 5.56. The molecule has 0 aliphatic heterocycles. The summed E-state index contributed by atoms with van der Waals surface area (Å²) < 4.78 is 2.51. The van der Waals surface area contributed by atoms with E-state index in [1.807, 2.05) is 52.0 Å². The lowest BCUT2D eigenvalue weighted by molar-refractivity contribution is -0.116. The molecule has 0 spiro atoms. The van der Waals surface area contributed by atoms with Gasteiger partial charge in [-0.05, 0) is 74.2 Å². The number of carbonyl (C=O) groups is 1. The first-order valence-electron chi connectivity index (χ1n) is 10.5. The summed E-state index contributed by atoms with van der Waals surface area (Å²) in [5, 5.41) is 3.31. The third-order valence-electron chi connectivity index (χ3n) is 5.56. The van der Waals surface area contributed by atoms with Crippen LogP contribution in [0.1, 0.15) is 22.3 Å². The maximum Gasteiger partial charge on any atom is 0.336 e. The highest BCUT2D eigenvalue weighted by atomic mass is 16.2. The molecule has 1 N–H and O–H groups in total. The van der Waals surface area contributed by atoms with Crippen LogP contribution in [-0.4, -0.2) is 15.0 Å². The van der Waals surface area contributed by atoms with Crippen molar-refractivity contribution in [1.82, 2.24) is 9.13 Å². The molecule has 0 saturated carbocycles. The van der Waals surface area contributed by atoms with Crippen LogP contribution in [0.5, 0.6) is 0 Å². The monoisotopic (exact) mass is 427 g/mol. The van der Waals surface area contributed by atoms with Crippen molar-refractivity contribution in [3.05, 3.63) is 104 Å². The molecule has 4 aromatic rings. The Morgan fingerprint density at radius 3 is 2.12 bits per heavy atom. The maximum absolute atomic E-state index is 13.5. The SMILES string of the molecule is Cc1cc(C)cc(-n2c(=O)c3ccccc3n(CC(=O)Nc3c(C)cccc3C)c2=O)c1. The summed E-state index contributed by atoms with van der Waals surface area (Å²) in [6, 6.07) is 18.2. The van der Waals surface area contributed by atoms with Crippen LogP contribution < -0.4 is 16.6 Å². The number of para-hydroxylation sites is 2. The van der Waals surface area contributed by atoms with Crippen molar-refractivity contribution in [2.24, 2.45) is 0 Å². The molecule has 1 amide bonds. The van der Waals surface area contributed by atoms with Crippen molar-refractivity contribution in [3.63, 3.8) is 0 Å². The van der Waals surface area contributed by atoms with Crippen LogP contribution in [0.4, 0.5) is 5.69 Å². The molecule has 0 aliphatic rings. The van der Waals surface area contributed by atoms with Crippen LogP contribution >= 0.6 is 0 Å². The average Bonchev–Trinajstić information content (AvgIpc) is 2.73. The molecule has 0 saturated heterocycles. The lowest BCUT2D eigenvalue weighted by Gasteiger charge is -2.16. The summed E-state index contributed by atoms with van der Waals surface area (Å²) in [5.74, 6) is -0.333. The zero-order chi connectivity index (χ0) is 23.0. The second kappa shape index (κ2) is 8.30. The molecule has 4 rings (SSSR count). The predicted octanol–water partition coefficient (Wildman–Crippen LogP) is 4.02. The van der Waals surface area contributed by atoms with Crippen molar-refractivity contribution in [1.29, 1.82) is 0 Å². The van der Waals surface area contributed by atoms with Crippen LogP contribution in [-0.2, 0) is 11.3 Å². The molecule has 1 heterocycles. The lowest BCUT2D eigenvalue weighted by Crippen LogP contribution is -2.41. The largest absolute Gasteiger partial charge is 0.336 e. The van der Waals surface area contributed by atoms with Gasteiger partial charge >= 0.3 is 5.69 Å². The number of amides is 1. The molecule has 0 fully saturated rings. The van der Waals surface area contributed by atoms with Crippen LogP contribution in [0, 0.1) is 27.7 Å². The van der Waals surface area contributed by atoms with Crippen LogP contribution in [0.3, 0.4) is 0 Å². The minimum Gasteiger partial charge on any atom is -0.324 e.